The molecule has 0 aromatic heterocycles. The van der Waals surface area contributed by atoms with Gasteiger partial charge in [0.05, 0.1) is 12.6 Å². The Morgan fingerprint density at radius 2 is 2.00 bits per heavy atom. The van der Waals surface area contributed by atoms with E-state index < -0.39 is 0 Å². The molecule has 0 aliphatic carbocycles. The molecule has 0 amide bonds. The molecule has 1 aliphatic heterocycles. The largest absolute Gasteiger partial charge is 0.370 e. The van der Waals surface area contributed by atoms with E-state index >= 15 is 0 Å². The molecule has 1 aliphatic rings. The van der Waals surface area contributed by atoms with Crippen LogP contribution in [0.15, 0.2) is 35.3 Å². The molecule has 0 fully saturated rings. The van der Waals surface area contributed by atoms with Gasteiger partial charge in [-0.1, -0.05) is 30.3 Å². The molecule has 0 radical (unpaired) electrons. The number of nitrogens with two attached hydrogens (primary N) is 1. The Morgan fingerprint density at radius 1 is 1.31 bits per heavy atom. The molecule has 1 aromatic carbocycles. The van der Waals surface area contributed by atoms with Crippen molar-refractivity contribution in [2.24, 2.45) is 10.7 Å². The van der Waals surface area contributed by atoms with Crippen molar-refractivity contribution in [2.45, 2.75) is 6.04 Å². The summed E-state index contributed by atoms with van der Waals surface area (Å²) in [5.41, 5.74) is 6.74. The van der Waals surface area contributed by atoms with E-state index in [0.29, 0.717) is 5.96 Å². The van der Waals surface area contributed by atoms with Crippen LogP contribution in [-0.4, -0.2) is 12.5 Å². The molecule has 70 valence electrons. The van der Waals surface area contributed by atoms with Crippen LogP contribution in [0, 0.1) is 0 Å². The summed E-state index contributed by atoms with van der Waals surface area (Å²) in [6, 6.07) is 10.5. The molecular weight excluding hydrogens is 230 g/mol. The number of nitrogens with zero attached hydrogens (tertiary/aromatic N) is 1. The summed E-state index contributed by atoms with van der Waals surface area (Å²) in [6.07, 6.45) is 0. The lowest BCUT2D eigenvalue weighted by Gasteiger charge is -2.09. The third-order valence-electron chi connectivity index (χ3n) is 1.97. The molecule has 1 aromatic rings. The number of hydrogen-bond acceptors (Lipinski definition) is 3. The van der Waals surface area contributed by atoms with Crippen LogP contribution in [0.3, 0.4) is 0 Å². The lowest BCUT2D eigenvalue weighted by Crippen LogP contribution is -2.29. The van der Waals surface area contributed by atoms with Crippen LogP contribution in [-0.2, 0) is 0 Å². The van der Waals surface area contributed by atoms with Crippen molar-refractivity contribution in [3.8, 4) is 0 Å². The highest BCUT2D eigenvalue weighted by atomic mass is 79.9. The third kappa shape index (κ3) is 2.21. The number of hydrogen-bond donors (Lipinski definition) is 2. The smallest absolute Gasteiger partial charge is 0.189 e. The van der Waals surface area contributed by atoms with Crippen molar-refractivity contribution in [1.82, 2.24) is 5.32 Å². The summed E-state index contributed by atoms with van der Waals surface area (Å²) in [7, 11) is 0. The van der Waals surface area contributed by atoms with Crippen molar-refractivity contribution >= 4 is 22.9 Å². The molecule has 0 saturated carbocycles. The van der Waals surface area contributed by atoms with Gasteiger partial charge in [0.25, 0.3) is 0 Å². The Labute approximate surface area is 87.8 Å². The zero-order chi connectivity index (χ0) is 8.39. The Kier molecular flexibility index (Phi) is 3.31. The molecule has 1 heterocycles. The number of nitrogens with one attached hydrogen (secondary N) is 1. The van der Waals surface area contributed by atoms with Crippen molar-refractivity contribution in [2.75, 3.05) is 6.54 Å². The van der Waals surface area contributed by atoms with Gasteiger partial charge in [-0.05, 0) is 5.56 Å². The van der Waals surface area contributed by atoms with Gasteiger partial charge in [0.2, 0.25) is 0 Å². The van der Waals surface area contributed by atoms with Crippen LogP contribution in [0.1, 0.15) is 11.6 Å². The highest BCUT2D eigenvalue weighted by Gasteiger charge is 2.15. The minimum absolute atomic E-state index is 0. The SMILES string of the molecule is Br.NC1=NCC(c2ccccc2)N1. The van der Waals surface area contributed by atoms with Crippen molar-refractivity contribution in [3.63, 3.8) is 0 Å². The van der Waals surface area contributed by atoms with E-state index in [1.54, 1.807) is 0 Å². The summed E-state index contributed by atoms with van der Waals surface area (Å²) in [4.78, 5) is 4.08. The van der Waals surface area contributed by atoms with E-state index in [2.05, 4.69) is 22.4 Å². The maximum atomic E-state index is 5.50. The van der Waals surface area contributed by atoms with Crippen LogP contribution < -0.4 is 11.1 Å². The first kappa shape index (κ1) is 10.1. The molecule has 2 rings (SSSR count). The fourth-order valence-electron chi connectivity index (χ4n) is 1.33. The van der Waals surface area contributed by atoms with Gasteiger partial charge in [0.1, 0.15) is 0 Å². The van der Waals surface area contributed by atoms with E-state index in [-0.39, 0.29) is 23.0 Å². The Morgan fingerprint density at radius 3 is 2.54 bits per heavy atom. The van der Waals surface area contributed by atoms with Crippen LogP contribution in [0.25, 0.3) is 0 Å². The average molecular weight is 242 g/mol. The Balaban J connectivity index is 0.000000845. The van der Waals surface area contributed by atoms with Gasteiger partial charge in [-0.2, -0.15) is 0 Å². The normalized spacial score (nSPS) is 20.0. The van der Waals surface area contributed by atoms with E-state index in [1.165, 1.54) is 5.56 Å². The van der Waals surface area contributed by atoms with Gasteiger partial charge in [-0.3, -0.25) is 4.99 Å². The molecule has 1 atom stereocenters. The third-order valence-corrected chi connectivity index (χ3v) is 1.97. The number of halogens is 1. The summed E-state index contributed by atoms with van der Waals surface area (Å²) in [5.74, 6) is 0.545. The number of aliphatic imine (C=N–C) groups is 1. The second-order valence-electron chi connectivity index (χ2n) is 2.83. The van der Waals surface area contributed by atoms with Crippen molar-refractivity contribution in [3.05, 3.63) is 35.9 Å². The van der Waals surface area contributed by atoms with Crippen molar-refractivity contribution < 1.29 is 0 Å². The quantitative estimate of drug-likeness (QED) is 0.778. The van der Waals surface area contributed by atoms with Crippen LogP contribution >= 0.6 is 17.0 Å². The van der Waals surface area contributed by atoms with Gasteiger partial charge in [0, 0.05) is 0 Å². The van der Waals surface area contributed by atoms with Gasteiger partial charge in [-0.15, -0.1) is 17.0 Å². The molecule has 1 unspecified atom stereocenters. The lowest BCUT2D eigenvalue weighted by molar-refractivity contribution is 0.708. The van der Waals surface area contributed by atoms with Crippen LogP contribution in [0.4, 0.5) is 0 Å². The minimum atomic E-state index is 0. The summed E-state index contributed by atoms with van der Waals surface area (Å²) >= 11 is 0. The fraction of sp³-hybridized carbons (Fsp3) is 0.222. The Hall–Kier alpha value is -1.03. The van der Waals surface area contributed by atoms with E-state index in [1.807, 2.05) is 18.2 Å². The standard InChI is InChI=1S/C9H11N3.BrH/c10-9-11-6-8(12-9)7-4-2-1-3-5-7;/h1-5,8H,6H2,(H3,10,11,12);1H. The van der Waals surface area contributed by atoms with Crippen LogP contribution in [0.2, 0.25) is 0 Å². The number of rotatable bonds is 1. The molecule has 0 saturated heterocycles. The van der Waals surface area contributed by atoms with Gasteiger partial charge in [-0.25, -0.2) is 0 Å². The first-order valence-corrected chi connectivity index (χ1v) is 3.97. The Bertz CT molecular complexity index is 297. The predicted molar refractivity (Wildman–Crippen MR) is 59.1 cm³/mol. The first-order valence-electron chi connectivity index (χ1n) is 3.97. The second kappa shape index (κ2) is 4.28. The molecule has 13 heavy (non-hydrogen) atoms. The van der Waals surface area contributed by atoms with Gasteiger partial charge in [0.15, 0.2) is 5.96 Å². The molecule has 4 heteroatoms. The van der Waals surface area contributed by atoms with E-state index in [9.17, 15) is 0 Å². The van der Waals surface area contributed by atoms with E-state index in [0.717, 1.165) is 6.54 Å². The van der Waals surface area contributed by atoms with Crippen LogP contribution in [0.5, 0.6) is 0 Å². The lowest BCUT2D eigenvalue weighted by atomic mass is 10.1. The fourth-order valence-corrected chi connectivity index (χ4v) is 1.33. The second-order valence-corrected chi connectivity index (χ2v) is 2.83. The molecule has 0 spiro atoms. The maximum absolute atomic E-state index is 5.50. The average Bonchev–Trinajstić information content (AvgIpc) is 2.54. The summed E-state index contributed by atoms with van der Waals surface area (Å²) in [6.45, 7) is 0.746. The zero-order valence-corrected chi connectivity index (χ0v) is 8.82. The number of guanidine groups is 1. The monoisotopic (exact) mass is 241 g/mol. The zero-order valence-electron chi connectivity index (χ0n) is 7.10. The van der Waals surface area contributed by atoms with Crippen molar-refractivity contribution in [1.29, 1.82) is 0 Å². The molecular formula is C9H12BrN3. The minimum Gasteiger partial charge on any atom is -0.370 e. The first-order chi connectivity index (χ1) is 5.86. The van der Waals surface area contributed by atoms with Gasteiger partial charge < -0.3 is 11.1 Å². The highest BCUT2D eigenvalue weighted by molar-refractivity contribution is 8.93. The molecule has 0 bridgehead atoms. The van der Waals surface area contributed by atoms with E-state index in [4.69, 9.17) is 5.73 Å². The van der Waals surface area contributed by atoms with Gasteiger partial charge >= 0.3 is 0 Å². The predicted octanol–water partition coefficient (Wildman–Crippen LogP) is 1.22. The molecule has 3 nitrogen and oxygen atoms in total. The summed E-state index contributed by atoms with van der Waals surface area (Å²) < 4.78 is 0. The molecule has 3 N–H and O–H groups in total. The highest BCUT2D eigenvalue weighted by Crippen LogP contribution is 2.15. The topological polar surface area (TPSA) is 50.4 Å². The number of benzene rings is 1. The summed E-state index contributed by atoms with van der Waals surface area (Å²) in [5, 5.41) is 3.10. The maximum Gasteiger partial charge on any atom is 0.189 e.